The Kier molecular flexibility index (Phi) is 4.81. The number of hydrogen-bond donors (Lipinski definition) is 1. The van der Waals surface area contributed by atoms with Crippen LogP contribution in [0.3, 0.4) is 0 Å². The molecule has 0 aromatic carbocycles. The average molecular weight is 208 g/mol. The molecular weight excluding hydrogens is 190 g/mol. The van der Waals surface area contributed by atoms with Gasteiger partial charge in [-0.2, -0.15) is 0 Å². The highest BCUT2D eigenvalue weighted by molar-refractivity contribution is 5.66. The number of hydrogen-bond acceptors (Lipinski definition) is 1. The lowest BCUT2D eigenvalue weighted by molar-refractivity contribution is -0.703. The van der Waals surface area contributed by atoms with Gasteiger partial charge in [-0.15, -0.1) is 0 Å². The summed E-state index contributed by atoms with van der Waals surface area (Å²) >= 11 is 0. The first-order valence-corrected chi connectivity index (χ1v) is 5.37. The molecule has 0 unspecified atom stereocenters. The summed E-state index contributed by atoms with van der Waals surface area (Å²) in [5, 5.41) is 8.47. The third-order valence-corrected chi connectivity index (χ3v) is 2.46. The van der Waals surface area contributed by atoms with Gasteiger partial charge in [0.05, 0.1) is 0 Å². The van der Waals surface area contributed by atoms with Crippen LogP contribution in [-0.2, 0) is 11.3 Å². The summed E-state index contributed by atoms with van der Waals surface area (Å²) in [6, 6.07) is 6.12. The van der Waals surface area contributed by atoms with E-state index in [9.17, 15) is 4.79 Å². The fourth-order valence-electron chi connectivity index (χ4n) is 1.55. The normalized spacial score (nSPS) is 10.2. The third-order valence-electron chi connectivity index (χ3n) is 2.46. The number of carboxylic acid groups (broad SMARTS) is 1. The Morgan fingerprint density at radius 3 is 2.80 bits per heavy atom. The predicted octanol–water partition coefficient (Wildman–Crippen LogP) is 1.93. The molecule has 82 valence electrons. The number of pyridine rings is 1. The number of rotatable bonds is 6. The highest BCUT2D eigenvalue weighted by atomic mass is 16.4. The molecule has 0 aliphatic heterocycles. The molecule has 1 aromatic heterocycles. The number of aromatic nitrogens is 1. The molecule has 0 aliphatic carbocycles. The van der Waals surface area contributed by atoms with E-state index in [1.165, 1.54) is 5.69 Å². The maximum atomic E-state index is 10.3. The summed E-state index contributed by atoms with van der Waals surface area (Å²) in [4.78, 5) is 10.3. The van der Waals surface area contributed by atoms with E-state index in [4.69, 9.17) is 5.11 Å². The minimum atomic E-state index is -0.696. The van der Waals surface area contributed by atoms with Gasteiger partial charge < -0.3 is 5.11 Å². The van der Waals surface area contributed by atoms with Crippen LogP contribution in [0, 0.1) is 6.92 Å². The van der Waals surface area contributed by atoms with Crippen molar-refractivity contribution in [3.63, 3.8) is 0 Å². The van der Waals surface area contributed by atoms with Crippen molar-refractivity contribution in [1.82, 2.24) is 0 Å². The lowest BCUT2D eigenvalue weighted by Crippen LogP contribution is -2.36. The Morgan fingerprint density at radius 2 is 2.13 bits per heavy atom. The molecule has 3 nitrogen and oxygen atoms in total. The van der Waals surface area contributed by atoms with Gasteiger partial charge in [0, 0.05) is 31.9 Å². The molecule has 1 heterocycles. The number of carboxylic acids is 1. The van der Waals surface area contributed by atoms with Gasteiger partial charge in [-0.1, -0.05) is 6.07 Å². The van der Waals surface area contributed by atoms with E-state index >= 15 is 0 Å². The molecule has 0 spiro atoms. The molecule has 1 rings (SSSR count). The first kappa shape index (κ1) is 11.7. The van der Waals surface area contributed by atoms with Crippen LogP contribution in [0.1, 0.15) is 31.4 Å². The molecule has 0 radical (unpaired) electrons. The molecule has 1 N–H and O–H groups in total. The van der Waals surface area contributed by atoms with Crippen molar-refractivity contribution in [3.8, 4) is 0 Å². The lowest BCUT2D eigenvalue weighted by atomic mass is 10.2. The van der Waals surface area contributed by atoms with Crippen LogP contribution in [0.2, 0.25) is 0 Å². The zero-order chi connectivity index (χ0) is 11.1. The molecular formula is C12H18NO2+. The quantitative estimate of drug-likeness (QED) is 0.573. The van der Waals surface area contributed by atoms with Crippen LogP contribution in [0.4, 0.5) is 0 Å². The summed E-state index contributed by atoms with van der Waals surface area (Å²) in [5.74, 6) is -0.696. The molecule has 0 amide bonds. The van der Waals surface area contributed by atoms with Crippen molar-refractivity contribution < 1.29 is 14.5 Å². The van der Waals surface area contributed by atoms with Gasteiger partial charge in [0.2, 0.25) is 0 Å². The van der Waals surface area contributed by atoms with Crippen LogP contribution in [-0.4, -0.2) is 11.1 Å². The van der Waals surface area contributed by atoms with E-state index in [2.05, 4.69) is 23.8 Å². The Balaban J connectivity index is 2.21. The van der Waals surface area contributed by atoms with Crippen LogP contribution < -0.4 is 4.57 Å². The van der Waals surface area contributed by atoms with Crippen LogP contribution >= 0.6 is 0 Å². The first-order chi connectivity index (χ1) is 7.20. The molecule has 0 fully saturated rings. The molecule has 0 aliphatic rings. The summed E-state index contributed by atoms with van der Waals surface area (Å²) in [6.45, 7) is 3.06. The van der Waals surface area contributed by atoms with E-state index in [0.29, 0.717) is 6.42 Å². The minimum Gasteiger partial charge on any atom is -0.481 e. The van der Waals surface area contributed by atoms with Gasteiger partial charge in [-0.05, 0) is 12.8 Å². The second kappa shape index (κ2) is 6.17. The smallest absolute Gasteiger partial charge is 0.303 e. The highest BCUT2D eigenvalue weighted by Crippen LogP contribution is 2.00. The molecule has 1 aromatic rings. The number of aryl methyl sites for hydroxylation is 2. The van der Waals surface area contributed by atoms with Crippen LogP contribution in [0.25, 0.3) is 0 Å². The maximum Gasteiger partial charge on any atom is 0.303 e. The molecule has 0 saturated heterocycles. The molecule has 0 saturated carbocycles. The zero-order valence-electron chi connectivity index (χ0n) is 9.15. The average Bonchev–Trinajstić information content (AvgIpc) is 2.20. The summed E-state index contributed by atoms with van der Waals surface area (Å²) in [5.41, 5.74) is 1.25. The van der Waals surface area contributed by atoms with E-state index in [-0.39, 0.29) is 0 Å². The fourth-order valence-corrected chi connectivity index (χ4v) is 1.55. The predicted molar refractivity (Wildman–Crippen MR) is 57.5 cm³/mol. The van der Waals surface area contributed by atoms with Gasteiger partial charge in [0.25, 0.3) is 0 Å². The van der Waals surface area contributed by atoms with Gasteiger partial charge in [-0.3, -0.25) is 4.79 Å². The Bertz CT molecular complexity index is 323. The highest BCUT2D eigenvalue weighted by Gasteiger charge is 2.03. The largest absolute Gasteiger partial charge is 0.481 e. The van der Waals surface area contributed by atoms with E-state index in [1.54, 1.807) is 0 Å². The van der Waals surface area contributed by atoms with E-state index in [1.807, 2.05) is 12.1 Å². The summed E-state index contributed by atoms with van der Waals surface area (Å²) in [6.07, 6.45) is 5.16. The summed E-state index contributed by atoms with van der Waals surface area (Å²) < 4.78 is 2.20. The van der Waals surface area contributed by atoms with Crippen molar-refractivity contribution in [2.45, 2.75) is 39.2 Å². The van der Waals surface area contributed by atoms with Gasteiger partial charge >= 0.3 is 5.97 Å². The molecule has 0 bridgehead atoms. The summed E-state index contributed by atoms with van der Waals surface area (Å²) in [7, 11) is 0. The topological polar surface area (TPSA) is 41.2 Å². The van der Waals surface area contributed by atoms with E-state index < -0.39 is 5.97 Å². The Morgan fingerprint density at radius 1 is 1.33 bits per heavy atom. The fraction of sp³-hybridized carbons (Fsp3) is 0.500. The SMILES string of the molecule is Cc1cccc[n+]1CCCCCC(=O)O. The van der Waals surface area contributed by atoms with Crippen molar-refractivity contribution >= 4 is 5.97 Å². The van der Waals surface area contributed by atoms with Gasteiger partial charge in [-0.25, -0.2) is 4.57 Å². The number of unbranched alkanes of at least 4 members (excludes halogenated alkanes) is 2. The van der Waals surface area contributed by atoms with Crippen molar-refractivity contribution in [2.24, 2.45) is 0 Å². The van der Waals surface area contributed by atoms with Crippen molar-refractivity contribution in [1.29, 1.82) is 0 Å². The van der Waals surface area contributed by atoms with E-state index in [0.717, 1.165) is 25.8 Å². The van der Waals surface area contributed by atoms with Crippen LogP contribution in [0.15, 0.2) is 24.4 Å². The molecule has 3 heteroatoms. The minimum absolute atomic E-state index is 0.290. The second-order valence-electron chi connectivity index (χ2n) is 3.74. The van der Waals surface area contributed by atoms with Crippen molar-refractivity contribution in [3.05, 3.63) is 30.1 Å². The first-order valence-electron chi connectivity index (χ1n) is 5.37. The zero-order valence-corrected chi connectivity index (χ0v) is 9.15. The van der Waals surface area contributed by atoms with Crippen LogP contribution in [0.5, 0.6) is 0 Å². The monoisotopic (exact) mass is 208 g/mol. The molecule has 15 heavy (non-hydrogen) atoms. The Labute approximate surface area is 90.4 Å². The number of aliphatic carboxylic acids is 1. The van der Waals surface area contributed by atoms with Gasteiger partial charge in [0.1, 0.15) is 6.54 Å². The van der Waals surface area contributed by atoms with Gasteiger partial charge in [0.15, 0.2) is 11.9 Å². The maximum absolute atomic E-state index is 10.3. The van der Waals surface area contributed by atoms with Crippen molar-refractivity contribution in [2.75, 3.05) is 0 Å². The number of nitrogens with zero attached hydrogens (tertiary/aromatic N) is 1. The lowest BCUT2D eigenvalue weighted by Gasteiger charge is -1.99. The number of carbonyl (C=O) groups is 1. The second-order valence-corrected chi connectivity index (χ2v) is 3.74. The third kappa shape index (κ3) is 4.58. The Hall–Kier alpha value is -1.38. The standard InChI is InChI=1S/C12H17NO2/c1-11-7-4-6-10-13(11)9-5-2-3-8-12(14)15/h4,6-7,10H,2-3,5,8-9H2,1H3/p+1. The molecule has 0 atom stereocenters.